The number of nitrogens with one attached hydrogen (secondary N) is 2. The molecule has 0 bridgehead atoms. The molecular formula is C25H29N5O3. The molecule has 8 heteroatoms. The van der Waals surface area contributed by atoms with Crippen LogP contribution in [0.1, 0.15) is 36.3 Å². The van der Waals surface area contributed by atoms with Crippen molar-refractivity contribution in [2.24, 2.45) is 0 Å². The van der Waals surface area contributed by atoms with Crippen molar-refractivity contribution in [1.29, 1.82) is 0 Å². The van der Waals surface area contributed by atoms with Gasteiger partial charge in [-0.05, 0) is 30.7 Å². The molecule has 33 heavy (non-hydrogen) atoms. The monoisotopic (exact) mass is 447 g/mol. The molecule has 1 unspecified atom stereocenters. The van der Waals surface area contributed by atoms with Gasteiger partial charge in [-0.2, -0.15) is 4.98 Å². The van der Waals surface area contributed by atoms with Crippen LogP contribution in [0.15, 0.2) is 75.0 Å². The maximum Gasteiger partial charge on any atom is 0.265 e. The van der Waals surface area contributed by atoms with Crippen LogP contribution in [0.3, 0.4) is 0 Å². The van der Waals surface area contributed by atoms with E-state index in [4.69, 9.17) is 9.40 Å². The SMILES string of the molecule is CCC(c1nc2occc2c(=O)n1Cc1ccccc1)N(CCNC)Cc1ccc(=O)[nH]c1. The first-order chi connectivity index (χ1) is 16.1. The van der Waals surface area contributed by atoms with Gasteiger partial charge in [0.15, 0.2) is 0 Å². The number of pyridine rings is 1. The predicted octanol–water partition coefficient (Wildman–Crippen LogP) is 2.90. The Bertz CT molecular complexity index is 1290. The summed E-state index contributed by atoms with van der Waals surface area (Å²) in [5, 5.41) is 3.69. The van der Waals surface area contributed by atoms with Gasteiger partial charge in [-0.3, -0.25) is 19.1 Å². The minimum absolute atomic E-state index is 0.108. The Hall–Kier alpha value is -3.49. The number of aromatic nitrogens is 3. The van der Waals surface area contributed by atoms with Crippen LogP contribution in [0.4, 0.5) is 0 Å². The first kappa shape index (κ1) is 22.7. The third kappa shape index (κ3) is 5.13. The molecule has 0 amide bonds. The second-order valence-electron chi connectivity index (χ2n) is 8.05. The minimum atomic E-state index is -0.130. The summed E-state index contributed by atoms with van der Waals surface area (Å²) in [5.41, 5.74) is 2.14. The highest BCUT2D eigenvalue weighted by atomic mass is 16.3. The smallest absolute Gasteiger partial charge is 0.265 e. The van der Waals surface area contributed by atoms with Gasteiger partial charge in [-0.15, -0.1) is 0 Å². The van der Waals surface area contributed by atoms with Crippen LogP contribution in [0, 0.1) is 0 Å². The summed E-state index contributed by atoms with van der Waals surface area (Å²) in [4.78, 5) is 34.8. The second kappa shape index (κ2) is 10.4. The first-order valence-corrected chi connectivity index (χ1v) is 11.2. The second-order valence-corrected chi connectivity index (χ2v) is 8.05. The van der Waals surface area contributed by atoms with Crippen LogP contribution in [-0.4, -0.2) is 39.6 Å². The molecule has 0 aliphatic rings. The van der Waals surface area contributed by atoms with Crippen LogP contribution in [0.5, 0.6) is 0 Å². The maximum absolute atomic E-state index is 13.5. The Morgan fingerprint density at radius 3 is 2.64 bits per heavy atom. The zero-order chi connectivity index (χ0) is 23.2. The van der Waals surface area contributed by atoms with Crippen molar-refractivity contribution in [3.8, 4) is 0 Å². The van der Waals surface area contributed by atoms with Gasteiger partial charge in [0.1, 0.15) is 11.2 Å². The van der Waals surface area contributed by atoms with Gasteiger partial charge in [0, 0.05) is 31.9 Å². The average Bonchev–Trinajstić information content (AvgIpc) is 3.31. The summed E-state index contributed by atoms with van der Waals surface area (Å²) in [6.07, 6.45) is 4.00. The van der Waals surface area contributed by atoms with Crippen molar-refractivity contribution < 1.29 is 4.42 Å². The first-order valence-electron chi connectivity index (χ1n) is 11.2. The Morgan fingerprint density at radius 1 is 1.12 bits per heavy atom. The number of nitrogens with zero attached hydrogens (tertiary/aromatic N) is 3. The molecule has 0 radical (unpaired) electrons. The zero-order valence-corrected chi connectivity index (χ0v) is 19.0. The highest BCUT2D eigenvalue weighted by Crippen LogP contribution is 2.26. The molecule has 2 N–H and O–H groups in total. The normalized spacial score (nSPS) is 12.5. The fraction of sp³-hybridized carbons (Fsp3) is 0.320. The van der Waals surface area contributed by atoms with Crippen molar-refractivity contribution in [3.05, 3.63) is 98.6 Å². The van der Waals surface area contributed by atoms with Crippen LogP contribution >= 0.6 is 0 Å². The molecule has 4 rings (SSSR count). The molecule has 3 aromatic heterocycles. The molecule has 0 saturated carbocycles. The number of hydrogen-bond acceptors (Lipinski definition) is 6. The Balaban J connectivity index is 1.79. The predicted molar refractivity (Wildman–Crippen MR) is 128 cm³/mol. The summed E-state index contributed by atoms with van der Waals surface area (Å²) in [6, 6.07) is 14.8. The summed E-state index contributed by atoms with van der Waals surface area (Å²) in [6.45, 7) is 4.64. The van der Waals surface area contributed by atoms with Crippen LogP contribution < -0.4 is 16.4 Å². The lowest BCUT2D eigenvalue weighted by Crippen LogP contribution is -2.38. The third-order valence-electron chi connectivity index (χ3n) is 5.81. The minimum Gasteiger partial charge on any atom is -0.446 e. The van der Waals surface area contributed by atoms with E-state index >= 15 is 0 Å². The number of hydrogen-bond donors (Lipinski definition) is 2. The highest BCUT2D eigenvalue weighted by molar-refractivity contribution is 5.71. The highest BCUT2D eigenvalue weighted by Gasteiger charge is 2.26. The van der Waals surface area contributed by atoms with Crippen LogP contribution in [0.2, 0.25) is 0 Å². The summed E-state index contributed by atoms with van der Waals surface area (Å²) in [7, 11) is 1.91. The summed E-state index contributed by atoms with van der Waals surface area (Å²) >= 11 is 0. The van der Waals surface area contributed by atoms with Gasteiger partial charge in [0.05, 0.1) is 18.8 Å². The number of aromatic amines is 1. The fourth-order valence-corrected chi connectivity index (χ4v) is 4.12. The molecule has 172 valence electrons. The van der Waals surface area contributed by atoms with E-state index in [1.807, 2.05) is 43.4 Å². The summed E-state index contributed by atoms with van der Waals surface area (Å²) < 4.78 is 7.30. The van der Waals surface area contributed by atoms with Gasteiger partial charge < -0.3 is 14.7 Å². The molecule has 0 spiro atoms. The summed E-state index contributed by atoms with van der Waals surface area (Å²) in [5.74, 6) is 0.675. The van der Waals surface area contributed by atoms with E-state index in [0.717, 1.165) is 30.6 Å². The Kier molecular flexibility index (Phi) is 7.16. The quantitative estimate of drug-likeness (QED) is 0.388. The Morgan fingerprint density at radius 2 is 1.94 bits per heavy atom. The Labute approximate surface area is 191 Å². The van der Waals surface area contributed by atoms with E-state index in [-0.39, 0.29) is 17.2 Å². The number of likely N-dealkylation sites (N-methyl/N-ethyl adjacent to an activating group) is 1. The standard InChI is InChI=1S/C25H29N5O3/c1-3-21(29(13-12-26-2)16-19-9-10-22(31)27-15-19)23-28-24-20(11-14-33-24)25(32)30(23)17-18-7-5-4-6-8-18/h4-11,14-15,21,26H,3,12-13,16-17H2,1-2H3,(H,27,31). The van der Waals surface area contributed by atoms with E-state index in [0.29, 0.717) is 30.0 Å². The third-order valence-corrected chi connectivity index (χ3v) is 5.81. The van der Waals surface area contributed by atoms with Crippen molar-refractivity contribution in [3.63, 3.8) is 0 Å². The van der Waals surface area contributed by atoms with E-state index in [1.165, 1.54) is 12.3 Å². The molecule has 0 aliphatic carbocycles. The van der Waals surface area contributed by atoms with Gasteiger partial charge in [-0.1, -0.05) is 43.3 Å². The maximum atomic E-state index is 13.5. The zero-order valence-electron chi connectivity index (χ0n) is 19.0. The molecule has 8 nitrogen and oxygen atoms in total. The molecule has 0 fully saturated rings. The van der Waals surface area contributed by atoms with Crippen molar-refractivity contribution in [2.75, 3.05) is 20.1 Å². The largest absolute Gasteiger partial charge is 0.446 e. The van der Waals surface area contributed by atoms with Gasteiger partial charge in [-0.25, -0.2) is 0 Å². The number of rotatable bonds is 10. The topological polar surface area (TPSA) is 96.2 Å². The molecule has 0 aliphatic heterocycles. The molecular weight excluding hydrogens is 418 g/mol. The molecule has 0 saturated heterocycles. The van der Waals surface area contributed by atoms with E-state index in [9.17, 15) is 9.59 Å². The van der Waals surface area contributed by atoms with Gasteiger partial charge in [0.2, 0.25) is 11.3 Å². The van der Waals surface area contributed by atoms with Crippen LogP contribution in [0.25, 0.3) is 11.1 Å². The molecule has 1 atom stereocenters. The number of H-pyrrole nitrogens is 1. The fourth-order valence-electron chi connectivity index (χ4n) is 4.12. The molecule has 1 aromatic carbocycles. The van der Waals surface area contributed by atoms with E-state index in [1.54, 1.807) is 16.8 Å². The van der Waals surface area contributed by atoms with Crippen molar-refractivity contribution >= 4 is 11.1 Å². The van der Waals surface area contributed by atoms with Gasteiger partial charge >= 0.3 is 0 Å². The average molecular weight is 448 g/mol. The lowest BCUT2D eigenvalue weighted by molar-refractivity contribution is 0.172. The molecule has 4 aromatic rings. The molecule has 3 heterocycles. The number of furan rings is 1. The number of benzene rings is 1. The number of fused-ring (bicyclic) bond motifs is 1. The van der Waals surface area contributed by atoms with Crippen molar-refractivity contribution in [2.45, 2.75) is 32.5 Å². The lowest BCUT2D eigenvalue weighted by Gasteiger charge is -2.32. The van der Waals surface area contributed by atoms with E-state index < -0.39 is 0 Å². The van der Waals surface area contributed by atoms with Gasteiger partial charge in [0.25, 0.3) is 5.56 Å². The van der Waals surface area contributed by atoms with Crippen molar-refractivity contribution in [1.82, 2.24) is 24.8 Å². The van der Waals surface area contributed by atoms with Crippen LogP contribution in [-0.2, 0) is 13.1 Å². The lowest BCUT2D eigenvalue weighted by atomic mass is 10.1. The van der Waals surface area contributed by atoms with E-state index in [2.05, 4.69) is 22.1 Å².